The third-order valence-electron chi connectivity index (χ3n) is 11.6. The van der Waals surface area contributed by atoms with E-state index in [0.29, 0.717) is 6.07 Å². The van der Waals surface area contributed by atoms with Gasteiger partial charge >= 0.3 is 183 Å². The van der Waals surface area contributed by atoms with Gasteiger partial charge in [-0.25, -0.2) is 50.5 Å². The number of sulfone groups is 2. The summed E-state index contributed by atoms with van der Waals surface area (Å²) in [6.07, 6.45) is -1.33. The maximum absolute atomic E-state index is 14.9. The molecule has 41 nitrogen and oxygen atoms in total. The van der Waals surface area contributed by atoms with Gasteiger partial charge in [0.15, 0.2) is 32.0 Å². The molecule has 0 unspecified atom stereocenters. The number of anilines is 12. The topological polar surface area (TPSA) is 638 Å². The van der Waals surface area contributed by atoms with Gasteiger partial charge in [0.05, 0.1) is 77.5 Å². The van der Waals surface area contributed by atoms with Crippen LogP contribution in [-0.2, 0) is 87.5 Å². The number of rotatable bonds is 32. The first-order valence-corrected chi connectivity index (χ1v) is 35.4. The molecular weight excluding hydrogens is 1600 g/mol. The first-order chi connectivity index (χ1) is 45.2. The normalized spacial score (nSPS) is 11.6. The van der Waals surface area contributed by atoms with Crippen molar-refractivity contribution in [1.29, 1.82) is 0 Å². The van der Waals surface area contributed by atoms with E-state index >= 15 is 0 Å². The average molecular weight is 1640 g/mol. The van der Waals surface area contributed by atoms with E-state index in [2.05, 4.69) is 99.9 Å². The van der Waals surface area contributed by atoms with Crippen LogP contribution in [0.5, 0.6) is 0 Å². The summed E-state index contributed by atoms with van der Waals surface area (Å²) in [7, 11) is -29.4. The fraction of sp³-hybridized carbons (Fsp3) is 0.106. The fourth-order valence-electron chi connectivity index (χ4n) is 7.51. The van der Waals surface area contributed by atoms with Crippen molar-refractivity contribution in [3.63, 3.8) is 0 Å². The molecule has 2 aromatic heterocycles. The van der Waals surface area contributed by atoms with Crippen molar-refractivity contribution in [3.8, 4) is 0 Å². The zero-order valence-electron chi connectivity index (χ0n) is 52.9. The van der Waals surface area contributed by atoms with E-state index in [1.165, 1.54) is 60.7 Å². The van der Waals surface area contributed by atoms with Crippen molar-refractivity contribution in [3.05, 3.63) is 121 Å². The minimum atomic E-state index is -5.60. The minimum absolute atomic E-state index is 0. The second kappa shape index (κ2) is 43.4. The number of aromatic nitrogens is 6. The third-order valence-corrected chi connectivity index (χ3v) is 19.1. The first kappa shape index (κ1) is 98.0. The van der Waals surface area contributed by atoms with Crippen molar-refractivity contribution in [2.24, 2.45) is 20.5 Å². The molecule has 0 saturated heterocycles. The number of halogens is 1. The van der Waals surface area contributed by atoms with Crippen LogP contribution >= 0.6 is 24.4 Å². The SMILES string of the molecule is C.Nc1c(N=Nc2cc(Nc3nc(Nc4ccc(S(=O)(=O)CCOS(=O)(=O)[O-])cc4)nc(Nc4cccc(S(=O)(=O)[O-])c4)n3)ccc2S(=O)(=O)[O-])cc(S(=O)(=O)[O-])c(N)c1N=Nc1cc(Nc2nc(F)nc(Nc3ccc(S(=O)(=O)CCOSOO[O-])cc3)n2)ccc1SOO[O-].[Na+].[Na+].[Na+].[Na+].[Na+].[Na+]. The van der Waals surface area contributed by atoms with Crippen LogP contribution in [0.15, 0.2) is 165 Å². The van der Waals surface area contributed by atoms with Crippen LogP contribution in [-0.4, -0.2) is 123 Å². The Labute approximate surface area is 726 Å². The van der Waals surface area contributed by atoms with Gasteiger partial charge in [-0.15, -0.1) is 24.8 Å². The van der Waals surface area contributed by atoms with Crippen molar-refractivity contribution >= 4 is 177 Å². The van der Waals surface area contributed by atoms with E-state index < -0.39 is 152 Å². The largest absolute Gasteiger partial charge is 1.00 e. The molecule has 0 atom stereocenters. The molecule has 0 aliphatic rings. The molecule has 56 heteroatoms. The Morgan fingerprint density at radius 2 is 0.874 bits per heavy atom. The van der Waals surface area contributed by atoms with Gasteiger partial charge in [-0.05, 0) is 109 Å². The second-order valence-electron chi connectivity index (χ2n) is 18.1. The molecular formula is C47H40FN17Na6O24S8. The van der Waals surface area contributed by atoms with Crippen LogP contribution in [0, 0.1) is 6.08 Å². The molecule has 0 radical (unpaired) electrons. The molecule has 8 aromatic rings. The summed E-state index contributed by atoms with van der Waals surface area (Å²) in [6.45, 7) is -1.37. The summed E-state index contributed by atoms with van der Waals surface area (Å²) in [5.41, 5.74) is 8.09. The second-order valence-corrected chi connectivity index (χ2v) is 28.7. The number of benzene rings is 6. The maximum Gasteiger partial charge on any atom is 1.00 e. The van der Waals surface area contributed by atoms with Gasteiger partial charge < -0.3 is 66.8 Å². The number of hydrogen-bond donors (Lipinski definition) is 7. The predicted molar refractivity (Wildman–Crippen MR) is 326 cm³/mol. The van der Waals surface area contributed by atoms with Gasteiger partial charge in [0.2, 0.25) is 40.1 Å². The van der Waals surface area contributed by atoms with Gasteiger partial charge in [-0.3, -0.25) is 18.4 Å². The molecule has 0 amide bonds. The Bertz CT molecular complexity index is 5040. The molecule has 0 saturated carbocycles. The quantitative estimate of drug-likeness (QED) is 0.00237. The Kier molecular flexibility index (Phi) is 41.3. The Hall–Kier alpha value is -3.01. The van der Waals surface area contributed by atoms with Gasteiger partial charge in [0.25, 0.3) is 0 Å². The summed E-state index contributed by atoms with van der Waals surface area (Å²) < 4.78 is 227. The van der Waals surface area contributed by atoms with Crippen molar-refractivity contribution in [1.82, 2.24) is 29.9 Å². The first-order valence-electron chi connectivity index (χ1n) is 25.1. The molecule has 103 heavy (non-hydrogen) atoms. The van der Waals surface area contributed by atoms with Gasteiger partial charge in [-0.1, -0.05) is 13.5 Å². The predicted octanol–water partition coefficient (Wildman–Crippen LogP) is -13.7. The van der Waals surface area contributed by atoms with Gasteiger partial charge in [0.1, 0.15) is 53.1 Å². The zero-order chi connectivity index (χ0) is 69.8. The molecule has 2 heterocycles. The van der Waals surface area contributed by atoms with Gasteiger partial charge in [-0.2, -0.15) is 38.6 Å². The molecule has 518 valence electrons. The number of nitrogens with two attached hydrogens (primary N) is 2. The monoisotopic (exact) mass is 1640 g/mol. The number of nitrogens with one attached hydrogen (secondary N) is 5. The van der Waals surface area contributed by atoms with Crippen LogP contribution in [0.1, 0.15) is 7.43 Å². The molecule has 6 aromatic carbocycles. The van der Waals surface area contributed by atoms with E-state index in [0.717, 1.165) is 48.5 Å². The van der Waals surface area contributed by atoms with E-state index in [4.69, 9.17) is 15.7 Å². The minimum Gasteiger partial charge on any atom is -0.744 e. The van der Waals surface area contributed by atoms with E-state index in [9.17, 15) is 83.6 Å². The summed E-state index contributed by atoms with van der Waals surface area (Å²) >= 11 is 0.371. The van der Waals surface area contributed by atoms with Crippen LogP contribution in [0.4, 0.5) is 96.7 Å². The number of azo groups is 2. The Balaban J connectivity index is 0.00000758. The van der Waals surface area contributed by atoms with E-state index in [1.807, 2.05) is 0 Å². The van der Waals surface area contributed by atoms with Crippen LogP contribution in [0.2, 0.25) is 0 Å². The molecule has 0 spiro atoms. The smallest absolute Gasteiger partial charge is 0.744 e. The standard InChI is InChI=1S/C46H42FN17O24S8.CH4.6Na/c47-41-55-42(50-24-4-10-29(11-5-24)91(67,68)18-16-83-90-88-86-66)57-43(56-41)53-27-8-14-35(89-87-85-65)32(21-27)61-64-40-38(48)34(23-37(39(40)49)95(77,78)79)63-62-33-22-28(9-15-36(33)94(74,75)76)54-46-59-44(58-45(60-46)52-26-2-1-3-31(20-26)93(71,72)73)51-25-6-12-30(13-7-25)92(69,70)19-17-84-96(80,81)82;;;;;;;/h1-15,20-23,65-66H,16-19,48-49H2,(H,71,72,73)(H,74,75,76)(H,77,78,79)(H,80,81,82)(H2,50,53,55,56,57)(H3,51,52,54,58,59,60);1H4;;;;;;/q;;6*+1/p-6. The summed E-state index contributed by atoms with van der Waals surface area (Å²) in [4.78, 5) is 20.3. The molecule has 0 aliphatic carbocycles. The fourth-order valence-corrected chi connectivity index (χ4v) is 12.5. The summed E-state index contributed by atoms with van der Waals surface area (Å²) in [5, 5.41) is 56.3. The van der Waals surface area contributed by atoms with Crippen LogP contribution < -0.4 is 226 Å². The molecule has 0 bridgehead atoms. The average Bonchev–Trinajstić information content (AvgIpc) is 0.779. The third kappa shape index (κ3) is 29.7. The van der Waals surface area contributed by atoms with Crippen LogP contribution in [0.25, 0.3) is 0 Å². The van der Waals surface area contributed by atoms with E-state index in [-0.39, 0.29) is 271 Å². The van der Waals surface area contributed by atoms with Gasteiger partial charge in [0, 0.05) is 28.4 Å². The summed E-state index contributed by atoms with van der Waals surface area (Å²) in [6, 6.07) is 20.8. The molecule has 9 N–H and O–H groups in total. The molecule has 8 rings (SSSR count). The summed E-state index contributed by atoms with van der Waals surface area (Å²) in [5.74, 6) is -3.51. The van der Waals surface area contributed by atoms with Crippen molar-refractivity contribution < 1.29 is 288 Å². The maximum atomic E-state index is 14.9. The Morgan fingerprint density at radius 3 is 1.35 bits per heavy atom. The van der Waals surface area contributed by atoms with Crippen molar-refractivity contribution in [2.45, 2.75) is 36.8 Å². The van der Waals surface area contributed by atoms with Crippen molar-refractivity contribution in [2.75, 3.05) is 62.8 Å². The number of nitrogens with zero attached hydrogens (tertiary/aromatic N) is 10. The molecule has 0 aliphatic heterocycles. The number of hydrogen-bond acceptors (Lipinski definition) is 43. The molecule has 0 fully saturated rings. The number of nitrogen functional groups attached to an aromatic ring is 2. The zero-order valence-corrected chi connectivity index (χ0v) is 71.4. The van der Waals surface area contributed by atoms with Crippen LogP contribution in [0.3, 0.4) is 0 Å². The Morgan fingerprint density at radius 1 is 0.447 bits per heavy atom. The van der Waals surface area contributed by atoms with E-state index in [1.54, 1.807) is 0 Å².